The van der Waals surface area contributed by atoms with Crippen molar-refractivity contribution in [2.75, 3.05) is 0 Å². The number of para-hydroxylation sites is 1. The maximum Gasteiger partial charge on any atom is 0.346 e. The highest BCUT2D eigenvalue weighted by Gasteiger charge is 2.59. The predicted molar refractivity (Wildman–Crippen MR) is 131 cm³/mol. The van der Waals surface area contributed by atoms with Gasteiger partial charge in [-0.05, 0) is 66.3 Å². The second-order valence-electron chi connectivity index (χ2n) is 8.92. The van der Waals surface area contributed by atoms with E-state index in [1.807, 2.05) is 0 Å². The van der Waals surface area contributed by atoms with Gasteiger partial charge in [-0.1, -0.05) is 48.0 Å². The lowest BCUT2D eigenvalue weighted by molar-refractivity contribution is -0.174. The Labute approximate surface area is 212 Å². The summed E-state index contributed by atoms with van der Waals surface area (Å²) in [5.41, 5.74) is -2.14. The number of hydrogen-bond donors (Lipinski definition) is 1. The molecule has 3 atom stereocenters. The molecule has 1 N–H and O–H groups in total. The number of carboxylic acids is 1. The molecule has 36 heavy (non-hydrogen) atoms. The normalized spacial score (nSPS) is 16.4. The molecule has 0 spiro atoms. The van der Waals surface area contributed by atoms with Crippen LogP contribution in [0.25, 0.3) is 0 Å². The first-order valence-electron chi connectivity index (χ1n) is 11.5. The molecular weight excluding hydrogens is 490 g/mol. The quantitative estimate of drug-likeness (QED) is 0.304. The van der Waals surface area contributed by atoms with Crippen molar-refractivity contribution in [3.05, 3.63) is 94.8 Å². The number of alkyl halides is 1. The second-order valence-corrected chi connectivity index (χ2v) is 9.36. The van der Waals surface area contributed by atoms with E-state index in [-0.39, 0.29) is 18.1 Å². The van der Waals surface area contributed by atoms with E-state index >= 15 is 4.39 Å². The van der Waals surface area contributed by atoms with Crippen LogP contribution in [0, 0.1) is 11.7 Å². The first-order chi connectivity index (χ1) is 17.2. The lowest BCUT2D eigenvalue weighted by Gasteiger charge is -2.36. The molecule has 5 nitrogen and oxygen atoms in total. The van der Waals surface area contributed by atoms with Crippen LogP contribution >= 0.6 is 11.6 Å². The Hall–Kier alpha value is -3.45. The van der Waals surface area contributed by atoms with Crippen molar-refractivity contribution < 1.29 is 33.0 Å². The number of carbonyl (C=O) groups excluding carboxylic acids is 1. The van der Waals surface area contributed by atoms with Crippen LogP contribution in [-0.2, 0) is 20.7 Å². The number of carboxylic acid groups (broad SMARTS) is 1. The third-order valence-electron chi connectivity index (χ3n) is 6.27. The molecule has 4 rings (SSSR count). The van der Waals surface area contributed by atoms with Gasteiger partial charge < -0.3 is 14.6 Å². The number of carbonyl (C=O) groups is 2. The summed E-state index contributed by atoms with van der Waals surface area (Å²) in [6, 6.07) is 18.8. The first kappa shape index (κ1) is 25.6. The van der Waals surface area contributed by atoms with Gasteiger partial charge in [0.05, 0.1) is 0 Å². The average Bonchev–Trinajstić information content (AvgIpc) is 3.67. The van der Waals surface area contributed by atoms with Gasteiger partial charge in [0.15, 0.2) is 17.7 Å². The molecule has 1 aliphatic carbocycles. The van der Waals surface area contributed by atoms with Crippen molar-refractivity contribution >= 4 is 23.5 Å². The van der Waals surface area contributed by atoms with Gasteiger partial charge in [-0.3, -0.25) is 4.79 Å². The number of benzene rings is 3. The summed E-state index contributed by atoms with van der Waals surface area (Å²) in [5.74, 6) is -4.23. The topological polar surface area (TPSA) is 72.8 Å². The van der Waals surface area contributed by atoms with E-state index < -0.39 is 35.4 Å². The Morgan fingerprint density at radius 2 is 1.75 bits per heavy atom. The summed E-state index contributed by atoms with van der Waals surface area (Å²) in [4.78, 5) is 24.5. The molecule has 188 valence electrons. The highest BCUT2D eigenvalue weighted by Crippen LogP contribution is 2.52. The van der Waals surface area contributed by atoms with E-state index in [4.69, 9.17) is 21.1 Å². The minimum atomic E-state index is -2.95. The molecule has 0 aliphatic heterocycles. The molecule has 0 aromatic heterocycles. The van der Waals surface area contributed by atoms with Gasteiger partial charge in [0.1, 0.15) is 5.75 Å². The van der Waals surface area contributed by atoms with Crippen molar-refractivity contribution in [2.24, 2.45) is 5.92 Å². The summed E-state index contributed by atoms with van der Waals surface area (Å²) in [7, 11) is 0. The van der Waals surface area contributed by atoms with Crippen LogP contribution in [0.1, 0.15) is 36.8 Å². The van der Waals surface area contributed by atoms with Gasteiger partial charge in [0, 0.05) is 24.3 Å². The molecule has 0 heterocycles. The maximum atomic E-state index is 16.9. The summed E-state index contributed by atoms with van der Waals surface area (Å²) < 4.78 is 42.3. The van der Waals surface area contributed by atoms with Gasteiger partial charge in [-0.25, -0.2) is 13.6 Å². The molecule has 0 unspecified atom stereocenters. The lowest BCUT2D eigenvalue weighted by Crippen LogP contribution is -2.53. The zero-order chi connectivity index (χ0) is 25.9. The number of halogens is 3. The van der Waals surface area contributed by atoms with Crippen molar-refractivity contribution in [1.82, 2.24) is 0 Å². The molecule has 8 heteroatoms. The molecular formula is C28H25ClF2O5. The average molecular weight is 515 g/mol. The number of esters is 1. The summed E-state index contributed by atoms with van der Waals surface area (Å²) in [6.07, 6.45) is -0.691. The van der Waals surface area contributed by atoms with Gasteiger partial charge in [-0.2, -0.15) is 0 Å². The van der Waals surface area contributed by atoms with Crippen LogP contribution in [0.3, 0.4) is 0 Å². The van der Waals surface area contributed by atoms with Gasteiger partial charge in [0.25, 0.3) is 5.67 Å². The standard InChI is InChI=1S/C28H25ClF2O5/c1-17(32)35-25(16-18-7-14-23(30)24(15-18)36-22-5-3-2-4-6-22)28(31,27(33)34)26(19-8-9-19)20-10-12-21(29)13-11-20/h2-7,10-15,19,25-26H,8-9,16H2,1H3,(H,33,34)/t25-,26-,28+/m1/s1. The molecule has 1 fully saturated rings. The Morgan fingerprint density at radius 1 is 1.08 bits per heavy atom. The van der Waals surface area contributed by atoms with Gasteiger partial charge in [-0.15, -0.1) is 0 Å². The van der Waals surface area contributed by atoms with E-state index in [0.717, 1.165) is 13.0 Å². The third-order valence-corrected chi connectivity index (χ3v) is 6.52. The van der Waals surface area contributed by atoms with Gasteiger partial charge >= 0.3 is 11.9 Å². The Bertz CT molecular complexity index is 1230. The van der Waals surface area contributed by atoms with Gasteiger partial charge in [0.2, 0.25) is 0 Å². The Morgan fingerprint density at radius 3 is 2.33 bits per heavy atom. The highest BCUT2D eigenvalue weighted by molar-refractivity contribution is 6.30. The number of ether oxygens (including phenoxy) is 2. The smallest absolute Gasteiger partial charge is 0.346 e. The van der Waals surface area contributed by atoms with E-state index in [2.05, 4.69) is 0 Å². The molecule has 1 saturated carbocycles. The Balaban J connectivity index is 1.71. The largest absolute Gasteiger partial charge is 0.479 e. The van der Waals surface area contributed by atoms with Crippen LogP contribution in [0.2, 0.25) is 5.02 Å². The van der Waals surface area contributed by atoms with E-state index in [9.17, 15) is 19.1 Å². The summed E-state index contributed by atoms with van der Waals surface area (Å²) >= 11 is 5.99. The minimum Gasteiger partial charge on any atom is -0.479 e. The number of hydrogen-bond acceptors (Lipinski definition) is 4. The minimum absolute atomic E-state index is 0.114. The first-order valence-corrected chi connectivity index (χ1v) is 11.9. The van der Waals surface area contributed by atoms with Crippen LogP contribution in [0.5, 0.6) is 11.5 Å². The van der Waals surface area contributed by atoms with Crippen molar-refractivity contribution in [1.29, 1.82) is 0 Å². The SMILES string of the molecule is CC(=O)O[C@H](Cc1ccc(F)c(Oc2ccccc2)c1)[C@@](F)(C(=O)O)[C@@H](c1ccc(Cl)cc1)C1CC1. The van der Waals surface area contributed by atoms with Crippen molar-refractivity contribution in [2.45, 2.75) is 43.9 Å². The summed E-state index contributed by atoms with van der Waals surface area (Å²) in [6.45, 7) is 1.10. The van der Waals surface area contributed by atoms with Crippen molar-refractivity contribution in [3.8, 4) is 11.5 Å². The van der Waals surface area contributed by atoms with Crippen LogP contribution < -0.4 is 4.74 Å². The Kier molecular flexibility index (Phi) is 7.59. The van der Waals surface area contributed by atoms with Crippen LogP contribution in [0.15, 0.2) is 72.8 Å². The highest BCUT2D eigenvalue weighted by atomic mass is 35.5. The maximum absolute atomic E-state index is 16.9. The fourth-order valence-electron chi connectivity index (χ4n) is 4.49. The molecule has 0 saturated heterocycles. The predicted octanol–water partition coefficient (Wildman–Crippen LogP) is 6.73. The summed E-state index contributed by atoms with van der Waals surface area (Å²) in [5, 5.41) is 10.6. The fraction of sp³-hybridized carbons (Fsp3) is 0.286. The van der Waals surface area contributed by atoms with E-state index in [1.54, 1.807) is 54.6 Å². The monoisotopic (exact) mass is 514 g/mol. The zero-order valence-electron chi connectivity index (χ0n) is 19.5. The third kappa shape index (κ3) is 5.68. The number of aliphatic carboxylic acids is 1. The van der Waals surface area contributed by atoms with Crippen LogP contribution in [0.4, 0.5) is 8.78 Å². The van der Waals surface area contributed by atoms with E-state index in [0.29, 0.717) is 34.7 Å². The second kappa shape index (κ2) is 10.7. The molecule has 1 aliphatic rings. The zero-order valence-corrected chi connectivity index (χ0v) is 20.3. The molecule has 3 aromatic carbocycles. The fourth-order valence-corrected chi connectivity index (χ4v) is 4.61. The van der Waals surface area contributed by atoms with Crippen LogP contribution in [-0.4, -0.2) is 28.8 Å². The van der Waals surface area contributed by atoms with E-state index in [1.165, 1.54) is 12.1 Å². The molecule has 0 radical (unpaired) electrons. The number of rotatable bonds is 10. The molecule has 0 bridgehead atoms. The molecule has 0 amide bonds. The molecule has 3 aromatic rings. The lowest BCUT2D eigenvalue weighted by atomic mass is 9.75. The van der Waals surface area contributed by atoms with Crippen molar-refractivity contribution in [3.63, 3.8) is 0 Å².